The number of oxazole rings is 1. The molecular formula is C28H32F3N5O5S. The van der Waals surface area contributed by atoms with Crippen molar-refractivity contribution in [1.82, 2.24) is 24.1 Å². The number of carbonyl (C=O) groups is 1. The van der Waals surface area contributed by atoms with E-state index in [2.05, 4.69) is 9.97 Å². The molecule has 1 saturated heterocycles. The molecule has 42 heavy (non-hydrogen) atoms. The van der Waals surface area contributed by atoms with Gasteiger partial charge >= 0.3 is 6.18 Å². The molecule has 3 heterocycles. The van der Waals surface area contributed by atoms with Crippen LogP contribution in [-0.2, 0) is 29.3 Å². The first kappa shape index (κ1) is 30.0. The monoisotopic (exact) mass is 607 g/mol. The third-order valence-electron chi connectivity index (χ3n) is 7.43. The first-order valence-electron chi connectivity index (χ1n) is 13.5. The van der Waals surface area contributed by atoms with Crippen molar-refractivity contribution in [2.24, 2.45) is 0 Å². The van der Waals surface area contributed by atoms with Crippen LogP contribution in [0.4, 0.5) is 13.2 Å². The Hall–Kier alpha value is -3.49. The number of aromatic nitrogens is 2. The van der Waals surface area contributed by atoms with Crippen molar-refractivity contribution in [3.63, 3.8) is 0 Å². The van der Waals surface area contributed by atoms with Crippen molar-refractivity contribution in [3.05, 3.63) is 70.7 Å². The number of rotatable bonds is 9. The van der Waals surface area contributed by atoms with E-state index in [0.717, 1.165) is 18.9 Å². The van der Waals surface area contributed by atoms with Crippen LogP contribution in [0, 0.1) is 13.8 Å². The first-order valence-corrected chi connectivity index (χ1v) is 15.0. The summed E-state index contributed by atoms with van der Waals surface area (Å²) in [7, 11) is -2.35. The second-order valence-corrected chi connectivity index (χ2v) is 12.4. The average Bonchev–Trinajstić information content (AvgIpc) is 3.67. The van der Waals surface area contributed by atoms with Crippen molar-refractivity contribution in [2.45, 2.75) is 56.9 Å². The number of hydrogen-bond donors (Lipinski definition) is 0. The predicted octanol–water partition coefficient (Wildman–Crippen LogP) is 4.03. The lowest BCUT2D eigenvalue weighted by Gasteiger charge is -2.34. The summed E-state index contributed by atoms with van der Waals surface area (Å²) < 4.78 is 78.0. The lowest BCUT2D eigenvalue weighted by molar-refractivity contribution is -0.141. The molecule has 226 valence electrons. The topological polar surface area (TPSA) is 109 Å². The number of nitrogens with zero attached hydrogens (tertiary/aromatic N) is 5. The Labute approximate surface area is 242 Å². The number of carbonyl (C=O) groups excluding carboxylic acids is 1. The van der Waals surface area contributed by atoms with Crippen molar-refractivity contribution >= 4 is 15.9 Å². The number of aryl methyl sites for hydroxylation is 2. The van der Waals surface area contributed by atoms with Crippen molar-refractivity contribution in [3.8, 4) is 5.75 Å². The molecule has 0 N–H and O–H groups in total. The van der Waals surface area contributed by atoms with Gasteiger partial charge in [0.25, 0.3) is 5.91 Å². The number of amides is 1. The van der Waals surface area contributed by atoms with E-state index in [9.17, 15) is 26.4 Å². The number of sulfonamides is 1. The second kappa shape index (κ2) is 11.7. The van der Waals surface area contributed by atoms with E-state index in [1.165, 1.54) is 29.9 Å². The molecule has 1 amide bonds. The Bertz CT molecular complexity index is 1520. The first-order chi connectivity index (χ1) is 19.9. The molecule has 1 aromatic carbocycles. The maximum Gasteiger partial charge on any atom is 0.433 e. The highest BCUT2D eigenvalue weighted by Gasteiger charge is 2.40. The zero-order chi connectivity index (χ0) is 30.2. The molecule has 0 bridgehead atoms. The quantitative estimate of drug-likeness (QED) is 0.359. The van der Waals surface area contributed by atoms with Gasteiger partial charge in [0.05, 0.1) is 18.6 Å². The normalized spacial score (nSPS) is 16.7. The average molecular weight is 608 g/mol. The predicted molar refractivity (Wildman–Crippen MR) is 145 cm³/mol. The molecule has 2 fully saturated rings. The highest BCUT2D eigenvalue weighted by molar-refractivity contribution is 7.89. The number of alkyl halides is 3. The molecule has 0 radical (unpaired) electrons. The van der Waals surface area contributed by atoms with E-state index < -0.39 is 21.9 Å². The fourth-order valence-corrected chi connectivity index (χ4v) is 7.21. The zero-order valence-electron chi connectivity index (χ0n) is 23.5. The van der Waals surface area contributed by atoms with Crippen LogP contribution in [-0.4, -0.2) is 77.7 Å². The Kier molecular flexibility index (Phi) is 8.32. The second-order valence-electron chi connectivity index (χ2n) is 10.6. The Morgan fingerprint density at radius 2 is 1.79 bits per heavy atom. The van der Waals surface area contributed by atoms with E-state index in [1.807, 2.05) is 4.90 Å². The molecule has 1 aliphatic carbocycles. The van der Waals surface area contributed by atoms with Gasteiger partial charge in [-0.2, -0.15) is 17.5 Å². The molecule has 2 aliphatic rings. The summed E-state index contributed by atoms with van der Waals surface area (Å²) in [5, 5.41) is 0. The van der Waals surface area contributed by atoms with E-state index in [1.54, 1.807) is 30.9 Å². The van der Waals surface area contributed by atoms with E-state index in [4.69, 9.17) is 9.15 Å². The van der Waals surface area contributed by atoms with E-state index >= 15 is 0 Å². The minimum Gasteiger partial charge on any atom is -0.497 e. The van der Waals surface area contributed by atoms with Crippen molar-refractivity contribution < 1.29 is 35.5 Å². The lowest BCUT2D eigenvalue weighted by atomic mass is 10.1. The number of ether oxygens (including phenoxy) is 1. The summed E-state index contributed by atoms with van der Waals surface area (Å²) in [5.74, 6) is 0.379. The molecule has 0 unspecified atom stereocenters. The maximum atomic E-state index is 13.8. The summed E-state index contributed by atoms with van der Waals surface area (Å²) in [6.45, 7) is 5.62. The minimum atomic E-state index is -4.48. The van der Waals surface area contributed by atoms with Crippen LogP contribution in [0.2, 0.25) is 0 Å². The zero-order valence-corrected chi connectivity index (χ0v) is 24.3. The molecule has 0 spiro atoms. The van der Waals surface area contributed by atoms with Crippen LogP contribution in [0.25, 0.3) is 0 Å². The molecular weight excluding hydrogens is 575 g/mol. The SMILES string of the molecule is COc1cc(C)c(S(=O)(=O)N(Cc2nc(C(=O)N3CCN(Cc4ccc(C(F)(F)F)nc4)CC3)co2)C2CC2)c(C)c1. The van der Waals surface area contributed by atoms with E-state index in [0.29, 0.717) is 55.2 Å². The van der Waals surface area contributed by atoms with Gasteiger partial charge in [-0.15, -0.1) is 0 Å². The van der Waals surface area contributed by atoms with Crippen molar-refractivity contribution in [1.29, 1.82) is 0 Å². The highest BCUT2D eigenvalue weighted by atomic mass is 32.2. The number of pyridine rings is 1. The largest absolute Gasteiger partial charge is 0.497 e. The van der Waals surface area contributed by atoms with Gasteiger partial charge in [-0.05, 0) is 61.6 Å². The number of halogens is 3. The van der Waals surface area contributed by atoms with Crippen LogP contribution in [0.15, 0.2) is 46.0 Å². The van der Waals surface area contributed by atoms with Gasteiger partial charge in [-0.3, -0.25) is 14.7 Å². The fourth-order valence-electron chi connectivity index (χ4n) is 5.16. The number of methoxy groups -OCH3 is 1. The molecule has 0 atom stereocenters. The molecule has 10 nitrogen and oxygen atoms in total. The van der Waals surface area contributed by atoms with Crippen LogP contribution < -0.4 is 4.74 Å². The van der Waals surface area contributed by atoms with Crippen LogP contribution >= 0.6 is 0 Å². The Balaban J connectivity index is 1.21. The lowest BCUT2D eigenvalue weighted by Crippen LogP contribution is -2.48. The third kappa shape index (κ3) is 6.45. The van der Waals surface area contributed by atoms with Crippen LogP contribution in [0.1, 0.15) is 51.6 Å². The highest BCUT2D eigenvalue weighted by Crippen LogP contribution is 2.36. The molecule has 2 aromatic heterocycles. The number of piperazine rings is 1. The molecule has 3 aromatic rings. The Morgan fingerprint density at radius 1 is 1.12 bits per heavy atom. The smallest absolute Gasteiger partial charge is 0.433 e. The minimum absolute atomic E-state index is 0.0929. The number of benzene rings is 1. The van der Waals surface area contributed by atoms with Gasteiger partial charge in [0.2, 0.25) is 15.9 Å². The van der Waals surface area contributed by atoms with E-state index in [-0.39, 0.29) is 35.0 Å². The molecule has 1 saturated carbocycles. The maximum absolute atomic E-state index is 13.8. The fraction of sp³-hybridized carbons (Fsp3) is 0.464. The summed E-state index contributed by atoms with van der Waals surface area (Å²) >= 11 is 0. The van der Waals surface area contributed by atoms with Gasteiger partial charge in [0, 0.05) is 45.0 Å². The molecule has 14 heteroatoms. The van der Waals surface area contributed by atoms with Crippen molar-refractivity contribution in [2.75, 3.05) is 33.3 Å². The van der Waals surface area contributed by atoms with Gasteiger partial charge in [-0.1, -0.05) is 6.07 Å². The van der Waals surface area contributed by atoms with Crippen LogP contribution in [0.5, 0.6) is 5.75 Å². The van der Waals surface area contributed by atoms with Gasteiger partial charge < -0.3 is 14.1 Å². The summed E-state index contributed by atoms with van der Waals surface area (Å²) in [6.07, 6.45) is -0.552. The number of hydrogen-bond acceptors (Lipinski definition) is 8. The van der Waals surface area contributed by atoms with Crippen LogP contribution in [0.3, 0.4) is 0 Å². The molecule has 5 rings (SSSR count). The standard InChI is InChI=1S/C28H32F3N5O5S/c1-18-12-22(40-3)13-19(2)26(18)42(38,39)36(21-5-6-21)16-25-33-23(17-41-25)27(37)35-10-8-34(9-11-35)15-20-4-7-24(32-14-20)28(29,30)31/h4,7,12-14,17,21H,5-6,8-11,15-16H2,1-3H3. The Morgan fingerprint density at radius 3 is 2.33 bits per heavy atom. The third-order valence-corrected chi connectivity index (χ3v) is 9.64. The summed E-state index contributed by atoms with van der Waals surface area (Å²) in [5.41, 5.74) is 0.968. The van der Waals surface area contributed by atoms with Gasteiger partial charge in [-0.25, -0.2) is 13.4 Å². The van der Waals surface area contributed by atoms with Gasteiger partial charge in [0.1, 0.15) is 17.7 Å². The summed E-state index contributed by atoms with van der Waals surface area (Å²) in [4.78, 5) is 24.9. The van der Waals surface area contributed by atoms with Gasteiger partial charge in [0.15, 0.2) is 5.69 Å². The molecule has 1 aliphatic heterocycles. The summed E-state index contributed by atoms with van der Waals surface area (Å²) in [6, 6.07) is 5.58.